The molecule has 1 aromatic rings. The molecule has 0 atom stereocenters. The number of hydrogen-bond acceptors (Lipinski definition) is 5. The Hall–Kier alpha value is -1.65. The van der Waals surface area contributed by atoms with Crippen molar-refractivity contribution in [1.29, 1.82) is 0 Å². The van der Waals surface area contributed by atoms with Crippen molar-refractivity contribution in [3.63, 3.8) is 0 Å². The number of aromatic nitrogens is 2. The van der Waals surface area contributed by atoms with Crippen molar-refractivity contribution in [1.82, 2.24) is 9.97 Å². The molecule has 18 heavy (non-hydrogen) atoms. The van der Waals surface area contributed by atoms with Gasteiger partial charge in [-0.2, -0.15) is 0 Å². The van der Waals surface area contributed by atoms with Crippen LogP contribution in [0.25, 0.3) is 0 Å². The molecule has 1 aliphatic rings. The highest BCUT2D eigenvalue weighted by atomic mass is 16.5. The Morgan fingerprint density at radius 3 is 2.78 bits per heavy atom. The molecular formula is C13H19N3O2. The predicted molar refractivity (Wildman–Crippen MR) is 68.4 cm³/mol. The quantitative estimate of drug-likeness (QED) is 0.810. The third-order valence-electron chi connectivity index (χ3n) is 3.77. The smallest absolute Gasteiger partial charge is 0.358 e. The fourth-order valence-corrected chi connectivity index (χ4v) is 2.04. The van der Waals surface area contributed by atoms with Crippen LogP contribution in [-0.4, -0.2) is 29.6 Å². The van der Waals surface area contributed by atoms with Crippen molar-refractivity contribution in [2.45, 2.75) is 26.7 Å². The zero-order chi connectivity index (χ0) is 13.2. The lowest BCUT2D eigenvalue weighted by atomic mass is 9.92. The minimum Gasteiger partial charge on any atom is -0.464 e. The van der Waals surface area contributed by atoms with E-state index in [1.165, 1.54) is 26.1 Å². The maximum Gasteiger partial charge on any atom is 0.358 e. The summed E-state index contributed by atoms with van der Waals surface area (Å²) < 4.78 is 4.62. The average molecular weight is 249 g/mol. The number of nitrogens with zero attached hydrogens (tertiary/aromatic N) is 2. The Kier molecular flexibility index (Phi) is 3.50. The van der Waals surface area contributed by atoms with Crippen molar-refractivity contribution in [3.8, 4) is 0 Å². The molecule has 1 fully saturated rings. The second-order valence-electron chi connectivity index (χ2n) is 5.15. The summed E-state index contributed by atoms with van der Waals surface area (Å²) in [5, 5.41) is 3.27. The van der Waals surface area contributed by atoms with Crippen molar-refractivity contribution < 1.29 is 9.53 Å². The van der Waals surface area contributed by atoms with E-state index in [1.807, 2.05) is 0 Å². The molecule has 0 saturated heterocycles. The van der Waals surface area contributed by atoms with E-state index in [0.717, 1.165) is 6.54 Å². The van der Waals surface area contributed by atoms with E-state index in [4.69, 9.17) is 0 Å². The highest BCUT2D eigenvalue weighted by Gasteiger charge is 2.44. The summed E-state index contributed by atoms with van der Waals surface area (Å²) in [6, 6.07) is 0. The zero-order valence-corrected chi connectivity index (χ0v) is 11.1. The Balaban J connectivity index is 2.00. The first-order valence-corrected chi connectivity index (χ1v) is 6.22. The molecule has 1 N–H and O–H groups in total. The lowest BCUT2D eigenvalue weighted by Crippen LogP contribution is -2.21. The first-order valence-electron chi connectivity index (χ1n) is 6.22. The molecule has 0 spiro atoms. The number of rotatable bonds is 5. The van der Waals surface area contributed by atoms with Crippen LogP contribution < -0.4 is 5.32 Å². The van der Waals surface area contributed by atoms with Gasteiger partial charge in [0.1, 0.15) is 5.82 Å². The number of anilines is 1. The highest BCUT2D eigenvalue weighted by molar-refractivity contribution is 5.87. The van der Waals surface area contributed by atoms with Gasteiger partial charge in [0.2, 0.25) is 0 Å². The van der Waals surface area contributed by atoms with E-state index in [1.54, 1.807) is 6.20 Å². The summed E-state index contributed by atoms with van der Waals surface area (Å²) >= 11 is 0. The van der Waals surface area contributed by atoms with Crippen LogP contribution in [-0.2, 0) is 4.74 Å². The van der Waals surface area contributed by atoms with E-state index in [2.05, 4.69) is 33.9 Å². The van der Waals surface area contributed by atoms with Gasteiger partial charge in [0.05, 0.1) is 19.5 Å². The third-order valence-corrected chi connectivity index (χ3v) is 3.77. The van der Waals surface area contributed by atoms with Crippen LogP contribution in [0.5, 0.6) is 0 Å². The molecular weight excluding hydrogens is 230 g/mol. The third kappa shape index (κ3) is 2.60. The van der Waals surface area contributed by atoms with Crippen LogP contribution in [0, 0.1) is 11.3 Å². The van der Waals surface area contributed by atoms with E-state index >= 15 is 0 Å². The normalized spacial score (nSPS) is 16.4. The minimum absolute atomic E-state index is 0.233. The fourth-order valence-electron chi connectivity index (χ4n) is 2.04. The van der Waals surface area contributed by atoms with Gasteiger partial charge in [0.15, 0.2) is 5.69 Å². The minimum atomic E-state index is -0.462. The standard InChI is InChI=1S/C13H19N3O2/c1-9(2)13(4-5-13)8-15-11-7-14-6-10(16-11)12(17)18-3/h6-7,9H,4-5,8H2,1-3H3,(H,15,16). The number of esters is 1. The number of carbonyl (C=O) groups is 1. The summed E-state index contributed by atoms with van der Waals surface area (Å²) in [5.41, 5.74) is 0.625. The lowest BCUT2D eigenvalue weighted by molar-refractivity contribution is 0.0593. The van der Waals surface area contributed by atoms with Gasteiger partial charge in [0, 0.05) is 6.54 Å². The van der Waals surface area contributed by atoms with Crippen molar-refractivity contribution in [2.75, 3.05) is 19.0 Å². The summed E-state index contributed by atoms with van der Waals surface area (Å²) in [7, 11) is 1.34. The summed E-state index contributed by atoms with van der Waals surface area (Å²) in [4.78, 5) is 19.5. The Bertz CT molecular complexity index is 442. The molecule has 0 radical (unpaired) electrons. The van der Waals surface area contributed by atoms with Crippen LogP contribution in [0.2, 0.25) is 0 Å². The van der Waals surface area contributed by atoms with Crippen LogP contribution in [0.1, 0.15) is 37.2 Å². The maximum absolute atomic E-state index is 11.3. The second-order valence-corrected chi connectivity index (χ2v) is 5.15. The summed E-state index contributed by atoms with van der Waals surface area (Å²) in [6.07, 6.45) is 5.54. The van der Waals surface area contributed by atoms with E-state index in [9.17, 15) is 4.79 Å². The summed E-state index contributed by atoms with van der Waals surface area (Å²) in [6.45, 7) is 5.36. The molecule has 1 heterocycles. The topological polar surface area (TPSA) is 64.1 Å². The van der Waals surface area contributed by atoms with E-state index in [0.29, 0.717) is 17.2 Å². The molecule has 0 unspecified atom stereocenters. The van der Waals surface area contributed by atoms with Gasteiger partial charge in [-0.15, -0.1) is 0 Å². The van der Waals surface area contributed by atoms with Gasteiger partial charge >= 0.3 is 5.97 Å². The monoisotopic (exact) mass is 249 g/mol. The molecule has 5 heteroatoms. The molecule has 5 nitrogen and oxygen atoms in total. The zero-order valence-electron chi connectivity index (χ0n) is 11.1. The largest absolute Gasteiger partial charge is 0.464 e. The van der Waals surface area contributed by atoms with Crippen LogP contribution in [0.3, 0.4) is 0 Å². The molecule has 0 aromatic carbocycles. The SMILES string of the molecule is COC(=O)c1cncc(NCC2(C(C)C)CC2)n1. The predicted octanol–water partition coefficient (Wildman–Crippen LogP) is 2.11. The number of methoxy groups -OCH3 is 1. The number of carbonyl (C=O) groups excluding carboxylic acids is 1. The summed E-state index contributed by atoms with van der Waals surface area (Å²) in [5.74, 6) is 0.822. The number of nitrogens with one attached hydrogen (secondary N) is 1. The lowest BCUT2D eigenvalue weighted by Gasteiger charge is -2.20. The molecule has 0 amide bonds. The Labute approximate surface area is 107 Å². The van der Waals surface area contributed by atoms with Crippen LogP contribution in [0.4, 0.5) is 5.82 Å². The molecule has 1 saturated carbocycles. The maximum atomic E-state index is 11.3. The average Bonchev–Trinajstić information content (AvgIpc) is 3.17. The van der Waals surface area contributed by atoms with Crippen molar-refractivity contribution in [2.24, 2.45) is 11.3 Å². The Morgan fingerprint density at radius 2 is 2.22 bits per heavy atom. The van der Waals surface area contributed by atoms with Crippen LogP contribution in [0.15, 0.2) is 12.4 Å². The van der Waals surface area contributed by atoms with E-state index < -0.39 is 5.97 Å². The Morgan fingerprint density at radius 1 is 1.50 bits per heavy atom. The van der Waals surface area contributed by atoms with Gasteiger partial charge < -0.3 is 10.1 Å². The van der Waals surface area contributed by atoms with Crippen molar-refractivity contribution >= 4 is 11.8 Å². The van der Waals surface area contributed by atoms with Crippen molar-refractivity contribution in [3.05, 3.63) is 18.1 Å². The molecule has 2 rings (SSSR count). The van der Waals surface area contributed by atoms with Gasteiger partial charge in [-0.25, -0.2) is 9.78 Å². The molecule has 1 aromatic heterocycles. The van der Waals surface area contributed by atoms with Gasteiger partial charge in [-0.05, 0) is 24.2 Å². The first kappa shape index (κ1) is 12.8. The van der Waals surface area contributed by atoms with Crippen LogP contribution >= 0.6 is 0 Å². The first-order chi connectivity index (χ1) is 8.57. The van der Waals surface area contributed by atoms with Gasteiger partial charge in [-0.1, -0.05) is 13.8 Å². The fraction of sp³-hybridized carbons (Fsp3) is 0.615. The number of ether oxygens (including phenoxy) is 1. The van der Waals surface area contributed by atoms with Gasteiger partial charge in [0.25, 0.3) is 0 Å². The highest BCUT2D eigenvalue weighted by Crippen LogP contribution is 2.51. The number of hydrogen-bond donors (Lipinski definition) is 1. The molecule has 0 aliphatic heterocycles. The van der Waals surface area contributed by atoms with Gasteiger partial charge in [-0.3, -0.25) is 4.98 Å². The molecule has 98 valence electrons. The second kappa shape index (κ2) is 4.92. The van der Waals surface area contributed by atoms with E-state index in [-0.39, 0.29) is 5.69 Å². The molecule has 1 aliphatic carbocycles. The molecule has 0 bridgehead atoms.